The van der Waals surface area contributed by atoms with Gasteiger partial charge < -0.3 is 15.5 Å². The lowest BCUT2D eigenvalue weighted by atomic mass is 10.0. The van der Waals surface area contributed by atoms with Crippen LogP contribution in [-0.2, 0) is 17.9 Å². The first kappa shape index (κ1) is 18.9. The van der Waals surface area contributed by atoms with Crippen LogP contribution in [-0.4, -0.2) is 26.9 Å². The molecule has 31 heavy (non-hydrogen) atoms. The Morgan fingerprint density at radius 3 is 2.61 bits per heavy atom. The van der Waals surface area contributed by atoms with E-state index in [1.54, 1.807) is 17.0 Å². The second-order valence-corrected chi connectivity index (χ2v) is 7.46. The number of benzene rings is 3. The normalized spacial score (nSPS) is 15.1. The van der Waals surface area contributed by atoms with E-state index in [1.165, 1.54) is 0 Å². The predicted molar refractivity (Wildman–Crippen MR) is 115 cm³/mol. The molecular formula is C24H20N4O3. The van der Waals surface area contributed by atoms with E-state index in [9.17, 15) is 9.59 Å². The first-order valence-corrected chi connectivity index (χ1v) is 9.95. The van der Waals surface area contributed by atoms with Gasteiger partial charge in [-0.25, -0.2) is 9.78 Å². The van der Waals surface area contributed by atoms with Crippen molar-refractivity contribution in [3.05, 3.63) is 101 Å². The van der Waals surface area contributed by atoms with Gasteiger partial charge in [0.15, 0.2) is 0 Å². The van der Waals surface area contributed by atoms with E-state index in [-0.39, 0.29) is 6.61 Å². The van der Waals surface area contributed by atoms with Gasteiger partial charge in [0.2, 0.25) is 0 Å². The van der Waals surface area contributed by atoms with Gasteiger partial charge in [0.1, 0.15) is 24.0 Å². The number of hydrogen-bond acceptors (Lipinski definition) is 4. The number of primary amides is 1. The quantitative estimate of drug-likeness (QED) is 0.531. The molecule has 154 valence electrons. The molecule has 0 saturated heterocycles. The highest BCUT2D eigenvalue weighted by atomic mass is 16.6. The van der Waals surface area contributed by atoms with Crippen LogP contribution in [0.4, 0.5) is 4.79 Å². The van der Waals surface area contributed by atoms with Crippen LogP contribution in [0.2, 0.25) is 0 Å². The standard InChI is InChI=1S/C24H20N4O3/c25-22(29)18-11-6-12-19-20(18)27-23(26-19)21-17-10-5-4-9-16(17)13-28(21)24(30)31-14-15-7-2-1-3-8-15/h1-12,21H,13-14H2,(H2,25,29)(H,26,27). The average molecular weight is 412 g/mol. The van der Waals surface area contributed by atoms with Crippen LogP contribution >= 0.6 is 0 Å². The number of imidazole rings is 1. The molecule has 2 heterocycles. The largest absolute Gasteiger partial charge is 0.445 e. The number of nitrogens with two attached hydrogens (primary N) is 1. The van der Waals surface area contributed by atoms with E-state index in [1.807, 2.05) is 60.7 Å². The Kier molecular flexibility index (Phi) is 4.63. The molecule has 1 aromatic heterocycles. The minimum Gasteiger partial charge on any atom is -0.445 e. The molecule has 5 rings (SSSR count). The van der Waals surface area contributed by atoms with Crippen molar-refractivity contribution in [2.24, 2.45) is 5.73 Å². The molecule has 3 N–H and O–H groups in total. The van der Waals surface area contributed by atoms with Gasteiger partial charge in [0, 0.05) is 0 Å². The van der Waals surface area contributed by atoms with E-state index < -0.39 is 18.0 Å². The third-order valence-electron chi connectivity index (χ3n) is 5.50. The van der Waals surface area contributed by atoms with Crippen molar-refractivity contribution in [1.29, 1.82) is 0 Å². The number of hydrogen-bond donors (Lipinski definition) is 2. The summed E-state index contributed by atoms with van der Waals surface area (Å²) in [5.74, 6) is 0.0138. The van der Waals surface area contributed by atoms with Crippen LogP contribution in [0.1, 0.15) is 38.9 Å². The third-order valence-corrected chi connectivity index (χ3v) is 5.50. The van der Waals surface area contributed by atoms with Crippen LogP contribution in [0.25, 0.3) is 11.0 Å². The highest BCUT2D eigenvalue weighted by molar-refractivity contribution is 6.04. The number of H-pyrrole nitrogens is 1. The molecular weight excluding hydrogens is 392 g/mol. The summed E-state index contributed by atoms with van der Waals surface area (Å²) in [6.07, 6.45) is -0.430. The van der Waals surface area contributed by atoms with Crippen molar-refractivity contribution < 1.29 is 14.3 Å². The third kappa shape index (κ3) is 3.40. The fraction of sp³-hybridized carbons (Fsp3) is 0.125. The van der Waals surface area contributed by atoms with Gasteiger partial charge in [-0.1, -0.05) is 60.7 Å². The number of para-hydroxylation sites is 1. The van der Waals surface area contributed by atoms with E-state index in [0.717, 1.165) is 16.7 Å². The lowest BCUT2D eigenvalue weighted by molar-refractivity contribution is 0.0876. The van der Waals surface area contributed by atoms with Crippen LogP contribution < -0.4 is 5.73 Å². The summed E-state index contributed by atoms with van der Waals surface area (Å²) >= 11 is 0. The molecule has 0 radical (unpaired) electrons. The van der Waals surface area contributed by atoms with Gasteiger partial charge in [-0.05, 0) is 28.8 Å². The summed E-state index contributed by atoms with van der Waals surface area (Å²) in [6.45, 7) is 0.597. The predicted octanol–water partition coefficient (Wildman–Crippen LogP) is 3.90. The summed E-state index contributed by atoms with van der Waals surface area (Å²) in [5.41, 5.74) is 9.94. The van der Waals surface area contributed by atoms with Gasteiger partial charge in [0.05, 0.1) is 17.6 Å². The fourth-order valence-corrected chi connectivity index (χ4v) is 4.03. The van der Waals surface area contributed by atoms with Crippen molar-refractivity contribution in [2.75, 3.05) is 0 Å². The average Bonchev–Trinajstić information content (AvgIpc) is 3.39. The number of nitrogens with zero attached hydrogens (tertiary/aromatic N) is 2. The Labute approximate surface area is 178 Å². The molecule has 0 fully saturated rings. The monoisotopic (exact) mass is 412 g/mol. The smallest absolute Gasteiger partial charge is 0.411 e. The maximum absolute atomic E-state index is 13.0. The number of rotatable bonds is 4. The number of aromatic amines is 1. The lowest BCUT2D eigenvalue weighted by Crippen LogP contribution is -2.31. The number of carbonyl (C=O) groups excluding carboxylic acids is 2. The Morgan fingerprint density at radius 1 is 1.03 bits per heavy atom. The van der Waals surface area contributed by atoms with E-state index in [2.05, 4.69) is 9.97 Å². The van der Waals surface area contributed by atoms with E-state index in [4.69, 9.17) is 10.5 Å². The first-order valence-electron chi connectivity index (χ1n) is 9.95. The van der Waals surface area contributed by atoms with E-state index >= 15 is 0 Å². The number of nitrogens with one attached hydrogen (secondary N) is 1. The highest BCUT2D eigenvalue weighted by Gasteiger charge is 2.37. The van der Waals surface area contributed by atoms with E-state index in [0.29, 0.717) is 29.0 Å². The molecule has 7 heteroatoms. The van der Waals surface area contributed by atoms with Gasteiger partial charge in [-0.2, -0.15) is 0 Å². The molecule has 1 aliphatic heterocycles. The van der Waals surface area contributed by atoms with Crippen molar-refractivity contribution >= 4 is 23.0 Å². The Morgan fingerprint density at radius 2 is 1.81 bits per heavy atom. The molecule has 3 aromatic carbocycles. The zero-order chi connectivity index (χ0) is 21.4. The maximum atomic E-state index is 13.0. The van der Waals surface area contributed by atoms with Gasteiger partial charge in [0.25, 0.3) is 5.91 Å². The summed E-state index contributed by atoms with van der Waals surface area (Å²) in [4.78, 5) is 34.4. The SMILES string of the molecule is NC(=O)c1cccc2[nH]c(C3c4ccccc4CN3C(=O)OCc3ccccc3)nc12. The van der Waals surface area contributed by atoms with Crippen molar-refractivity contribution in [2.45, 2.75) is 19.2 Å². The summed E-state index contributed by atoms with van der Waals surface area (Å²) in [7, 11) is 0. The van der Waals surface area contributed by atoms with Crippen LogP contribution in [0.15, 0.2) is 72.8 Å². The van der Waals surface area contributed by atoms with Gasteiger partial charge in [-0.3, -0.25) is 9.69 Å². The lowest BCUT2D eigenvalue weighted by Gasteiger charge is -2.23. The molecule has 7 nitrogen and oxygen atoms in total. The molecule has 0 spiro atoms. The molecule has 2 amide bonds. The topological polar surface area (TPSA) is 101 Å². The van der Waals surface area contributed by atoms with Crippen molar-refractivity contribution in [3.8, 4) is 0 Å². The number of ether oxygens (including phenoxy) is 1. The first-order chi connectivity index (χ1) is 15.1. The Bertz CT molecular complexity index is 1280. The zero-order valence-corrected chi connectivity index (χ0v) is 16.6. The van der Waals surface area contributed by atoms with Crippen LogP contribution in [0.3, 0.4) is 0 Å². The summed E-state index contributed by atoms with van der Waals surface area (Å²) < 4.78 is 5.60. The molecule has 1 aliphatic rings. The van der Waals surface area contributed by atoms with Gasteiger partial charge >= 0.3 is 6.09 Å². The zero-order valence-electron chi connectivity index (χ0n) is 16.6. The van der Waals surface area contributed by atoms with Crippen molar-refractivity contribution in [1.82, 2.24) is 14.9 Å². The molecule has 1 unspecified atom stereocenters. The van der Waals surface area contributed by atoms with Crippen molar-refractivity contribution in [3.63, 3.8) is 0 Å². The molecule has 0 saturated carbocycles. The number of carbonyl (C=O) groups is 2. The molecule has 4 aromatic rings. The number of amides is 2. The maximum Gasteiger partial charge on any atom is 0.411 e. The Hall–Kier alpha value is -4.13. The minimum atomic E-state index is -0.547. The second-order valence-electron chi connectivity index (χ2n) is 7.46. The number of fused-ring (bicyclic) bond motifs is 2. The molecule has 0 bridgehead atoms. The number of aromatic nitrogens is 2. The molecule has 1 atom stereocenters. The highest BCUT2D eigenvalue weighted by Crippen LogP contribution is 2.38. The fourth-order valence-electron chi connectivity index (χ4n) is 4.03. The minimum absolute atomic E-state index is 0.186. The summed E-state index contributed by atoms with van der Waals surface area (Å²) in [6, 6.07) is 22.2. The van der Waals surface area contributed by atoms with Gasteiger partial charge in [-0.15, -0.1) is 0 Å². The molecule has 0 aliphatic carbocycles. The van der Waals surface area contributed by atoms with Crippen LogP contribution in [0.5, 0.6) is 0 Å². The second kappa shape index (κ2) is 7.60. The Balaban J connectivity index is 1.51. The summed E-state index contributed by atoms with van der Waals surface area (Å²) in [5, 5.41) is 0. The van der Waals surface area contributed by atoms with Crippen LogP contribution in [0, 0.1) is 0 Å².